The molecule has 0 aliphatic rings. The Morgan fingerprint density at radius 2 is 2.29 bits per heavy atom. The zero-order valence-electron chi connectivity index (χ0n) is 9.48. The van der Waals surface area contributed by atoms with Crippen LogP contribution in [-0.4, -0.2) is 35.0 Å². The van der Waals surface area contributed by atoms with E-state index in [0.717, 1.165) is 11.5 Å². The lowest BCUT2D eigenvalue weighted by atomic mass is 10.2. The lowest BCUT2D eigenvalue weighted by molar-refractivity contribution is -0.120. The molecule has 8 heteroatoms. The molecule has 1 aromatic heterocycles. The third-order valence-corrected chi connectivity index (χ3v) is 2.81. The second-order valence-corrected chi connectivity index (χ2v) is 4.18. The van der Waals surface area contributed by atoms with Crippen LogP contribution in [0, 0.1) is 0 Å². The SMILES string of the molecule is CNCC(=O)N[C@@H](C)c1cc(C(=O)NO)sn1. The summed E-state index contributed by atoms with van der Waals surface area (Å²) >= 11 is 0.962. The van der Waals surface area contributed by atoms with Crippen LogP contribution in [0.5, 0.6) is 0 Å². The van der Waals surface area contributed by atoms with Gasteiger partial charge in [0, 0.05) is 0 Å². The van der Waals surface area contributed by atoms with Crippen molar-refractivity contribution in [3.05, 3.63) is 16.6 Å². The van der Waals surface area contributed by atoms with Gasteiger partial charge in [-0.05, 0) is 31.6 Å². The quantitative estimate of drug-likeness (QED) is 0.427. The largest absolute Gasteiger partial charge is 0.347 e. The maximum atomic E-state index is 11.3. The average Bonchev–Trinajstić information content (AvgIpc) is 2.77. The Morgan fingerprint density at radius 3 is 2.88 bits per heavy atom. The molecule has 0 spiro atoms. The molecule has 0 bridgehead atoms. The second kappa shape index (κ2) is 6.28. The summed E-state index contributed by atoms with van der Waals surface area (Å²) in [6, 6.07) is 1.24. The molecule has 7 nitrogen and oxygen atoms in total. The summed E-state index contributed by atoms with van der Waals surface area (Å²) in [4.78, 5) is 22.7. The minimum Gasteiger partial charge on any atom is -0.347 e. The molecule has 2 amide bonds. The molecule has 0 radical (unpaired) electrons. The number of nitrogens with one attached hydrogen (secondary N) is 3. The molecule has 1 heterocycles. The van der Waals surface area contributed by atoms with E-state index in [9.17, 15) is 9.59 Å². The van der Waals surface area contributed by atoms with Crippen LogP contribution in [0.1, 0.15) is 28.3 Å². The molecule has 0 saturated carbocycles. The number of nitrogens with zero attached hydrogens (tertiary/aromatic N) is 1. The lowest BCUT2D eigenvalue weighted by Crippen LogP contribution is -2.34. The fourth-order valence-corrected chi connectivity index (χ4v) is 1.90. The van der Waals surface area contributed by atoms with Gasteiger partial charge in [-0.2, -0.15) is 4.37 Å². The predicted molar refractivity (Wildman–Crippen MR) is 61.9 cm³/mol. The van der Waals surface area contributed by atoms with Crippen LogP contribution in [-0.2, 0) is 4.79 Å². The van der Waals surface area contributed by atoms with Gasteiger partial charge in [-0.3, -0.25) is 14.8 Å². The van der Waals surface area contributed by atoms with E-state index in [2.05, 4.69) is 15.0 Å². The average molecular weight is 258 g/mol. The van der Waals surface area contributed by atoms with Gasteiger partial charge in [0.05, 0.1) is 18.3 Å². The van der Waals surface area contributed by atoms with Crippen LogP contribution in [0.4, 0.5) is 0 Å². The van der Waals surface area contributed by atoms with E-state index in [4.69, 9.17) is 5.21 Å². The number of carbonyl (C=O) groups is 2. The van der Waals surface area contributed by atoms with Crippen molar-refractivity contribution in [3.8, 4) is 0 Å². The van der Waals surface area contributed by atoms with Crippen molar-refractivity contribution in [2.75, 3.05) is 13.6 Å². The highest BCUT2D eigenvalue weighted by Crippen LogP contribution is 2.16. The van der Waals surface area contributed by atoms with Crippen molar-refractivity contribution < 1.29 is 14.8 Å². The molecule has 0 aromatic carbocycles. The number of amides is 2. The molecule has 17 heavy (non-hydrogen) atoms. The van der Waals surface area contributed by atoms with Crippen molar-refractivity contribution in [2.45, 2.75) is 13.0 Å². The summed E-state index contributed by atoms with van der Waals surface area (Å²) in [6.45, 7) is 1.99. The van der Waals surface area contributed by atoms with Crippen LogP contribution < -0.4 is 16.1 Å². The first-order valence-electron chi connectivity index (χ1n) is 4.93. The Kier molecular flexibility index (Phi) is 5.01. The zero-order valence-corrected chi connectivity index (χ0v) is 10.3. The van der Waals surface area contributed by atoms with E-state index < -0.39 is 5.91 Å². The highest BCUT2D eigenvalue weighted by atomic mass is 32.1. The monoisotopic (exact) mass is 258 g/mol. The minimum absolute atomic E-state index is 0.152. The molecule has 1 rings (SSSR count). The maximum absolute atomic E-state index is 11.3. The third kappa shape index (κ3) is 3.77. The molecule has 0 aliphatic carbocycles. The summed E-state index contributed by atoms with van der Waals surface area (Å²) < 4.78 is 4.03. The van der Waals surface area contributed by atoms with Crippen molar-refractivity contribution in [1.82, 2.24) is 20.5 Å². The fraction of sp³-hybridized carbons (Fsp3) is 0.444. The van der Waals surface area contributed by atoms with Crippen molar-refractivity contribution in [2.24, 2.45) is 0 Å². The summed E-state index contributed by atoms with van der Waals surface area (Å²) in [5.41, 5.74) is 2.11. The topological polar surface area (TPSA) is 103 Å². The zero-order chi connectivity index (χ0) is 12.8. The molecular weight excluding hydrogens is 244 g/mol. The summed E-state index contributed by atoms with van der Waals surface area (Å²) in [6.07, 6.45) is 0. The third-order valence-electron chi connectivity index (χ3n) is 2.01. The lowest BCUT2D eigenvalue weighted by Gasteiger charge is -2.10. The van der Waals surface area contributed by atoms with Crippen LogP contribution in [0.3, 0.4) is 0 Å². The predicted octanol–water partition coefficient (Wildman–Crippen LogP) is -0.341. The normalized spacial score (nSPS) is 11.9. The smallest absolute Gasteiger partial charge is 0.286 e. The van der Waals surface area contributed by atoms with E-state index >= 15 is 0 Å². The standard InChI is InChI=1S/C9H14N4O3S/c1-5(11-8(14)4-10-2)6-3-7(17-13-6)9(15)12-16/h3,5,10,16H,4H2,1-2H3,(H,11,14)(H,12,15)/t5-/m0/s1. The first kappa shape index (κ1) is 13.6. The highest BCUT2D eigenvalue weighted by Gasteiger charge is 2.15. The van der Waals surface area contributed by atoms with Crippen LogP contribution in [0.2, 0.25) is 0 Å². The van der Waals surface area contributed by atoms with Gasteiger partial charge < -0.3 is 10.6 Å². The molecule has 0 fully saturated rings. The number of carbonyl (C=O) groups excluding carboxylic acids is 2. The van der Waals surface area contributed by atoms with E-state index in [1.165, 1.54) is 11.5 Å². The molecule has 94 valence electrons. The van der Waals surface area contributed by atoms with Crippen molar-refractivity contribution in [1.29, 1.82) is 0 Å². The Labute approximate surface area is 102 Å². The van der Waals surface area contributed by atoms with E-state index in [1.807, 2.05) is 0 Å². The number of aromatic nitrogens is 1. The molecule has 1 aromatic rings. The molecule has 4 N–H and O–H groups in total. The minimum atomic E-state index is -0.609. The maximum Gasteiger partial charge on any atom is 0.286 e. The van der Waals surface area contributed by atoms with E-state index in [1.54, 1.807) is 14.0 Å². The Morgan fingerprint density at radius 1 is 1.59 bits per heavy atom. The van der Waals surface area contributed by atoms with E-state index in [0.29, 0.717) is 5.69 Å². The van der Waals surface area contributed by atoms with Gasteiger partial charge in [0.2, 0.25) is 5.91 Å². The van der Waals surface area contributed by atoms with E-state index in [-0.39, 0.29) is 23.4 Å². The molecule has 0 unspecified atom stereocenters. The first-order chi connectivity index (χ1) is 8.08. The van der Waals surface area contributed by atoms with Gasteiger partial charge in [0.1, 0.15) is 4.88 Å². The molecule has 1 atom stereocenters. The van der Waals surface area contributed by atoms with Crippen molar-refractivity contribution in [3.63, 3.8) is 0 Å². The van der Waals surface area contributed by atoms with Gasteiger partial charge in [0.25, 0.3) is 5.91 Å². The number of hydrogen-bond acceptors (Lipinski definition) is 6. The summed E-state index contributed by atoms with van der Waals surface area (Å²) in [5.74, 6) is -0.760. The molecule has 0 saturated heterocycles. The summed E-state index contributed by atoms with van der Waals surface area (Å²) in [5, 5.41) is 13.9. The number of hydrogen-bond donors (Lipinski definition) is 4. The van der Waals surface area contributed by atoms with Gasteiger partial charge in [-0.1, -0.05) is 0 Å². The number of rotatable bonds is 5. The van der Waals surface area contributed by atoms with Gasteiger partial charge in [-0.25, -0.2) is 5.48 Å². The highest BCUT2D eigenvalue weighted by molar-refractivity contribution is 7.08. The second-order valence-electron chi connectivity index (χ2n) is 3.38. The molecular formula is C9H14N4O3S. The van der Waals surface area contributed by atoms with Gasteiger partial charge in [0.15, 0.2) is 0 Å². The first-order valence-corrected chi connectivity index (χ1v) is 5.70. The van der Waals surface area contributed by atoms with Gasteiger partial charge >= 0.3 is 0 Å². The molecule has 0 aliphatic heterocycles. The van der Waals surface area contributed by atoms with Crippen LogP contribution in [0.15, 0.2) is 6.07 Å². The Balaban J connectivity index is 2.63. The number of likely N-dealkylation sites (N-methyl/N-ethyl adjacent to an activating group) is 1. The van der Waals surface area contributed by atoms with Crippen LogP contribution >= 0.6 is 11.5 Å². The number of hydroxylamine groups is 1. The summed E-state index contributed by atoms with van der Waals surface area (Å²) in [7, 11) is 1.68. The fourth-order valence-electron chi connectivity index (χ4n) is 1.18. The van der Waals surface area contributed by atoms with Gasteiger partial charge in [-0.15, -0.1) is 0 Å². The Bertz CT molecular complexity index is 407. The Hall–Kier alpha value is -1.51. The van der Waals surface area contributed by atoms with Crippen LogP contribution in [0.25, 0.3) is 0 Å². The van der Waals surface area contributed by atoms with Crippen molar-refractivity contribution >= 4 is 23.3 Å².